The molecule has 1 aromatic rings. The summed E-state index contributed by atoms with van der Waals surface area (Å²) in [5.41, 5.74) is 1.27. The quantitative estimate of drug-likeness (QED) is 0.926. The molecule has 5 heteroatoms. The molecule has 0 radical (unpaired) electrons. The highest BCUT2D eigenvalue weighted by Gasteiger charge is 2.29. The van der Waals surface area contributed by atoms with E-state index in [4.69, 9.17) is 0 Å². The maximum Gasteiger partial charge on any atom is 0.224 e. The molecule has 1 N–H and O–H groups in total. The van der Waals surface area contributed by atoms with Gasteiger partial charge in [-0.1, -0.05) is 30.3 Å². The Hall–Kier alpha value is -0.650. The first kappa shape index (κ1) is 15.3. The molecule has 0 saturated carbocycles. The summed E-state index contributed by atoms with van der Waals surface area (Å²) in [7, 11) is 0. The Labute approximate surface area is 135 Å². The minimum Gasteiger partial charge on any atom is -0.334 e. The van der Waals surface area contributed by atoms with Gasteiger partial charge in [-0.25, -0.2) is 0 Å². The molecule has 114 valence electrons. The highest BCUT2D eigenvalue weighted by molar-refractivity contribution is 7.99. The van der Waals surface area contributed by atoms with E-state index in [0.717, 1.165) is 36.1 Å². The van der Waals surface area contributed by atoms with Gasteiger partial charge in [-0.15, -0.1) is 0 Å². The van der Waals surface area contributed by atoms with Gasteiger partial charge in [-0.05, 0) is 5.56 Å². The normalized spacial score (nSPS) is 26.6. The first-order chi connectivity index (χ1) is 10.3. The fourth-order valence-electron chi connectivity index (χ4n) is 2.93. The van der Waals surface area contributed by atoms with E-state index in [1.54, 1.807) is 0 Å². The summed E-state index contributed by atoms with van der Waals surface area (Å²) < 4.78 is 0. The zero-order chi connectivity index (χ0) is 14.5. The summed E-state index contributed by atoms with van der Waals surface area (Å²) >= 11 is 3.90. The molecule has 2 atom stereocenters. The second-order valence-electron chi connectivity index (χ2n) is 5.52. The first-order valence-corrected chi connectivity index (χ1v) is 9.89. The SMILES string of the molecule is O=C(CC1CSCCN1)N1CCSCC1c1ccccc1. The first-order valence-electron chi connectivity index (χ1n) is 7.58. The number of carbonyl (C=O) groups excluding carboxylic acids is 1. The molecular weight excluding hydrogens is 300 g/mol. The standard InChI is InChI=1S/C16H22N2OS2/c19-16(10-14-11-20-8-6-17-14)18-7-9-21-12-15(18)13-4-2-1-3-5-13/h1-5,14-15,17H,6-12H2. The molecule has 0 aromatic heterocycles. The third kappa shape index (κ3) is 3.96. The van der Waals surface area contributed by atoms with Crippen molar-refractivity contribution in [3.63, 3.8) is 0 Å². The Morgan fingerprint density at radius 2 is 2.00 bits per heavy atom. The van der Waals surface area contributed by atoms with Gasteiger partial charge >= 0.3 is 0 Å². The topological polar surface area (TPSA) is 32.3 Å². The van der Waals surface area contributed by atoms with Gasteiger partial charge in [0, 0.05) is 48.6 Å². The zero-order valence-electron chi connectivity index (χ0n) is 12.2. The average Bonchev–Trinajstić information content (AvgIpc) is 2.56. The highest BCUT2D eigenvalue weighted by Crippen LogP contribution is 2.30. The van der Waals surface area contributed by atoms with Gasteiger partial charge in [0.2, 0.25) is 5.91 Å². The van der Waals surface area contributed by atoms with E-state index < -0.39 is 0 Å². The van der Waals surface area contributed by atoms with Crippen LogP contribution in [0, 0.1) is 0 Å². The van der Waals surface area contributed by atoms with Crippen molar-refractivity contribution in [2.75, 3.05) is 36.1 Å². The van der Waals surface area contributed by atoms with Crippen molar-refractivity contribution in [1.29, 1.82) is 0 Å². The van der Waals surface area contributed by atoms with Crippen molar-refractivity contribution in [3.05, 3.63) is 35.9 Å². The number of carbonyl (C=O) groups is 1. The van der Waals surface area contributed by atoms with Crippen LogP contribution in [-0.4, -0.2) is 52.9 Å². The van der Waals surface area contributed by atoms with E-state index in [9.17, 15) is 4.79 Å². The number of nitrogens with zero attached hydrogens (tertiary/aromatic N) is 1. The number of rotatable bonds is 3. The van der Waals surface area contributed by atoms with Crippen molar-refractivity contribution in [1.82, 2.24) is 10.2 Å². The summed E-state index contributed by atoms with van der Waals surface area (Å²) in [5.74, 6) is 4.61. The summed E-state index contributed by atoms with van der Waals surface area (Å²) in [6.07, 6.45) is 0.640. The average molecular weight is 322 g/mol. The summed E-state index contributed by atoms with van der Waals surface area (Å²) in [5, 5.41) is 3.47. The van der Waals surface area contributed by atoms with E-state index in [0.29, 0.717) is 18.4 Å². The van der Waals surface area contributed by atoms with Crippen LogP contribution in [0.1, 0.15) is 18.0 Å². The number of hydrogen-bond acceptors (Lipinski definition) is 4. The Kier molecular flexibility index (Phi) is 5.49. The van der Waals surface area contributed by atoms with E-state index in [2.05, 4.69) is 34.5 Å². The minimum atomic E-state index is 0.244. The smallest absolute Gasteiger partial charge is 0.224 e. The third-order valence-electron chi connectivity index (χ3n) is 4.05. The zero-order valence-corrected chi connectivity index (χ0v) is 13.8. The highest BCUT2D eigenvalue weighted by atomic mass is 32.2. The second-order valence-corrected chi connectivity index (χ2v) is 7.82. The van der Waals surface area contributed by atoms with Gasteiger partial charge in [0.05, 0.1) is 6.04 Å². The molecule has 0 bridgehead atoms. The van der Waals surface area contributed by atoms with E-state index in [1.807, 2.05) is 29.6 Å². The van der Waals surface area contributed by atoms with Gasteiger partial charge < -0.3 is 10.2 Å². The Balaban J connectivity index is 1.67. The van der Waals surface area contributed by atoms with Crippen molar-refractivity contribution in [2.24, 2.45) is 0 Å². The number of nitrogens with one attached hydrogen (secondary N) is 1. The van der Waals surface area contributed by atoms with Crippen molar-refractivity contribution >= 4 is 29.4 Å². The maximum absolute atomic E-state index is 12.7. The Morgan fingerprint density at radius 3 is 2.76 bits per heavy atom. The van der Waals surface area contributed by atoms with Crippen molar-refractivity contribution in [2.45, 2.75) is 18.5 Å². The van der Waals surface area contributed by atoms with Crippen LogP contribution >= 0.6 is 23.5 Å². The molecule has 2 fully saturated rings. The van der Waals surface area contributed by atoms with Crippen LogP contribution in [0.3, 0.4) is 0 Å². The molecule has 2 aliphatic rings. The summed E-state index contributed by atoms with van der Waals surface area (Å²) in [6, 6.07) is 11.1. The van der Waals surface area contributed by atoms with E-state index in [1.165, 1.54) is 5.56 Å². The molecule has 2 aliphatic heterocycles. The van der Waals surface area contributed by atoms with Gasteiger partial charge in [-0.2, -0.15) is 23.5 Å². The maximum atomic E-state index is 12.7. The number of thioether (sulfide) groups is 2. The van der Waals surface area contributed by atoms with Crippen molar-refractivity contribution in [3.8, 4) is 0 Å². The predicted molar refractivity (Wildman–Crippen MR) is 92.0 cm³/mol. The number of amides is 1. The van der Waals surface area contributed by atoms with Crippen LogP contribution in [-0.2, 0) is 4.79 Å². The molecule has 2 saturated heterocycles. The number of hydrogen-bond donors (Lipinski definition) is 1. The molecule has 21 heavy (non-hydrogen) atoms. The van der Waals surface area contributed by atoms with E-state index >= 15 is 0 Å². The van der Waals surface area contributed by atoms with Gasteiger partial charge in [0.15, 0.2) is 0 Å². The molecule has 2 heterocycles. The second kappa shape index (κ2) is 7.56. The van der Waals surface area contributed by atoms with Gasteiger partial charge in [0.1, 0.15) is 0 Å². The van der Waals surface area contributed by atoms with Crippen molar-refractivity contribution < 1.29 is 4.79 Å². The van der Waals surface area contributed by atoms with Crippen LogP contribution in [0.25, 0.3) is 0 Å². The third-order valence-corrected chi connectivity index (χ3v) is 6.21. The Morgan fingerprint density at radius 1 is 1.19 bits per heavy atom. The predicted octanol–water partition coefficient (Wildman–Crippen LogP) is 2.40. The van der Waals surface area contributed by atoms with Crippen LogP contribution in [0.2, 0.25) is 0 Å². The molecule has 1 aromatic carbocycles. The number of benzene rings is 1. The van der Waals surface area contributed by atoms with Gasteiger partial charge in [-0.3, -0.25) is 4.79 Å². The largest absolute Gasteiger partial charge is 0.334 e. The lowest BCUT2D eigenvalue weighted by atomic mass is 10.1. The van der Waals surface area contributed by atoms with Crippen LogP contribution < -0.4 is 5.32 Å². The molecular formula is C16H22N2OS2. The minimum absolute atomic E-state index is 0.244. The lowest BCUT2D eigenvalue weighted by molar-refractivity contribution is -0.133. The monoisotopic (exact) mass is 322 g/mol. The lowest BCUT2D eigenvalue weighted by Gasteiger charge is -2.37. The van der Waals surface area contributed by atoms with Crippen LogP contribution in [0.4, 0.5) is 0 Å². The molecule has 2 unspecified atom stereocenters. The Bertz CT molecular complexity index is 463. The molecule has 0 aliphatic carbocycles. The summed E-state index contributed by atoms with van der Waals surface area (Å²) in [6.45, 7) is 1.91. The lowest BCUT2D eigenvalue weighted by Crippen LogP contribution is -2.46. The summed E-state index contributed by atoms with van der Waals surface area (Å²) in [4.78, 5) is 14.8. The van der Waals surface area contributed by atoms with E-state index in [-0.39, 0.29) is 6.04 Å². The fourth-order valence-corrected chi connectivity index (χ4v) is 4.97. The van der Waals surface area contributed by atoms with Gasteiger partial charge in [0.25, 0.3) is 0 Å². The molecule has 3 nitrogen and oxygen atoms in total. The van der Waals surface area contributed by atoms with Crippen LogP contribution in [0.15, 0.2) is 30.3 Å². The molecule has 0 spiro atoms. The molecule has 3 rings (SSSR count). The fraction of sp³-hybridized carbons (Fsp3) is 0.562. The van der Waals surface area contributed by atoms with Crippen LogP contribution in [0.5, 0.6) is 0 Å². The molecule has 1 amide bonds.